The zero-order valence-electron chi connectivity index (χ0n) is 10.7. The Morgan fingerprint density at radius 1 is 1.29 bits per heavy atom. The van der Waals surface area contributed by atoms with Gasteiger partial charge in [-0.2, -0.15) is 0 Å². The summed E-state index contributed by atoms with van der Waals surface area (Å²) < 4.78 is 0. The van der Waals surface area contributed by atoms with Gasteiger partial charge in [0.25, 0.3) is 11.6 Å². The molecule has 0 saturated heterocycles. The zero-order valence-corrected chi connectivity index (χ0v) is 11.5. The molecule has 0 aliphatic heterocycles. The largest absolute Gasteiger partial charge is 0.392 e. The Bertz CT molecular complexity index is 703. The first kappa shape index (κ1) is 15.0. The molecular weight excluding hydrogens is 296 g/mol. The van der Waals surface area contributed by atoms with Crippen molar-refractivity contribution in [3.05, 3.63) is 68.7 Å². The number of nitro benzene ring substituents is 1. The summed E-state index contributed by atoms with van der Waals surface area (Å²) in [6.07, 6.45) is 0. The molecule has 0 aliphatic rings. The summed E-state index contributed by atoms with van der Waals surface area (Å²) in [6.45, 7) is -0.256. The predicted molar refractivity (Wildman–Crippen MR) is 78.4 cm³/mol. The van der Waals surface area contributed by atoms with Crippen LogP contribution < -0.4 is 5.32 Å². The maximum Gasteiger partial charge on any atom is 0.282 e. The van der Waals surface area contributed by atoms with Gasteiger partial charge in [0, 0.05) is 22.3 Å². The van der Waals surface area contributed by atoms with Gasteiger partial charge in [-0.3, -0.25) is 14.9 Å². The van der Waals surface area contributed by atoms with Crippen LogP contribution in [-0.2, 0) is 6.61 Å². The van der Waals surface area contributed by atoms with Crippen LogP contribution >= 0.6 is 11.6 Å². The number of nitro groups is 1. The molecule has 0 atom stereocenters. The van der Waals surface area contributed by atoms with Gasteiger partial charge in [0.15, 0.2) is 0 Å². The lowest BCUT2D eigenvalue weighted by molar-refractivity contribution is -0.385. The molecule has 0 heterocycles. The van der Waals surface area contributed by atoms with Crippen LogP contribution in [0.1, 0.15) is 15.9 Å². The van der Waals surface area contributed by atoms with Crippen molar-refractivity contribution in [2.45, 2.75) is 6.61 Å². The lowest BCUT2D eigenvalue weighted by atomic mass is 10.1. The van der Waals surface area contributed by atoms with Gasteiger partial charge < -0.3 is 10.4 Å². The summed E-state index contributed by atoms with van der Waals surface area (Å²) in [5, 5.41) is 22.9. The Morgan fingerprint density at radius 2 is 2.00 bits per heavy atom. The third-order valence-corrected chi connectivity index (χ3v) is 3.07. The molecule has 1 amide bonds. The van der Waals surface area contributed by atoms with E-state index in [4.69, 9.17) is 11.6 Å². The quantitative estimate of drug-likeness (QED) is 0.671. The van der Waals surface area contributed by atoms with E-state index >= 15 is 0 Å². The predicted octanol–water partition coefficient (Wildman–Crippen LogP) is 2.99. The van der Waals surface area contributed by atoms with Crippen molar-refractivity contribution in [2.24, 2.45) is 0 Å². The van der Waals surface area contributed by atoms with Crippen LogP contribution in [0.25, 0.3) is 0 Å². The molecule has 0 bridgehead atoms. The first-order valence-electron chi connectivity index (χ1n) is 5.97. The lowest BCUT2D eigenvalue weighted by Crippen LogP contribution is -2.15. The standard InChI is InChI=1S/C14H11ClN2O4/c15-10-5-6-13(17(20)21)11(7-10)14(19)16-12-4-2-1-3-9(12)8-18/h1-7,18H,8H2,(H,16,19). The van der Waals surface area contributed by atoms with Crippen LogP contribution in [0.4, 0.5) is 11.4 Å². The number of para-hydroxylation sites is 1. The molecule has 2 rings (SSSR count). The number of carbonyl (C=O) groups excluding carboxylic acids is 1. The van der Waals surface area contributed by atoms with Gasteiger partial charge in [0.05, 0.1) is 11.5 Å². The van der Waals surface area contributed by atoms with Crippen LogP contribution in [0.2, 0.25) is 5.02 Å². The monoisotopic (exact) mass is 306 g/mol. The topological polar surface area (TPSA) is 92.5 Å². The highest BCUT2D eigenvalue weighted by Crippen LogP contribution is 2.24. The number of amides is 1. The van der Waals surface area contributed by atoms with Crippen molar-refractivity contribution >= 4 is 28.9 Å². The molecular formula is C14H11ClN2O4. The van der Waals surface area contributed by atoms with Gasteiger partial charge in [0.2, 0.25) is 0 Å². The van der Waals surface area contributed by atoms with Crippen LogP contribution in [0, 0.1) is 10.1 Å². The third kappa shape index (κ3) is 3.36. The number of hydrogen-bond donors (Lipinski definition) is 2. The summed E-state index contributed by atoms with van der Waals surface area (Å²) in [7, 11) is 0. The van der Waals surface area contributed by atoms with Gasteiger partial charge in [-0.25, -0.2) is 0 Å². The molecule has 7 heteroatoms. The van der Waals surface area contributed by atoms with Crippen LogP contribution in [0.15, 0.2) is 42.5 Å². The van der Waals surface area contributed by atoms with Crippen LogP contribution in [0.3, 0.4) is 0 Å². The molecule has 0 radical (unpaired) electrons. The van der Waals surface area contributed by atoms with E-state index in [1.807, 2.05) is 0 Å². The summed E-state index contributed by atoms with van der Waals surface area (Å²) >= 11 is 5.78. The fourth-order valence-electron chi connectivity index (χ4n) is 1.82. The summed E-state index contributed by atoms with van der Waals surface area (Å²) in [5.41, 5.74) is 0.424. The van der Waals surface area contributed by atoms with Crippen molar-refractivity contribution in [3.63, 3.8) is 0 Å². The van der Waals surface area contributed by atoms with E-state index < -0.39 is 10.8 Å². The number of nitrogens with zero attached hydrogens (tertiary/aromatic N) is 1. The molecule has 21 heavy (non-hydrogen) atoms. The second-order valence-electron chi connectivity index (χ2n) is 4.19. The Balaban J connectivity index is 2.37. The normalized spacial score (nSPS) is 10.2. The number of benzene rings is 2. The molecule has 0 aliphatic carbocycles. The molecule has 2 aromatic rings. The second kappa shape index (κ2) is 6.34. The number of anilines is 1. The summed E-state index contributed by atoms with van der Waals surface area (Å²) in [5.74, 6) is -0.662. The Kier molecular flexibility index (Phi) is 4.52. The van der Waals surface area contributed by atoms with E-state index in [9.17, 15) is 20.0 Å². The second-order valence-corrected chi connectivity index (χ2v) is 4.62. The number of rotatable bonds is 4. The highest BCUT2D eigenvalue weighted by molar-refractivity contribution is 6.31. The summed E-state index contributed by atoms with van der Waals surface area (Å²) in [6, 6.07) is 10.4. The fraction of sp³-hybridized carbons (Fsp3) is 0.0714. The fourth-order valence-corrected chi connectivity index (χ4v) is 1.99. The molecule has 0 fully saturated rings. The molecule has 0 aromatic heterocycles. The number of aliphatic hydroxyl groups excluding tert-OH is 1. The number of halogens is 1. The van der Waals surface area contributed by atoms with E-state index in [1.165, 1.54) is 18.2 Å². The number of carbonyl (C=O) groups is 1. The van der Waals surface area contributed by atoms with Gasteiger partial charge in [-0.05, 0) is 18.2 Å². The minimum absolute atomic E-state index is 0.139. The molecule has 6 nitrogen and oxygen atoms in total. The smallest absolute Gasteiger partial charge is 0.282 e. The minimum Gasteiger partial charge on any atom is -0.392 e. The number of nitrogens with one attached hydrogen (secondary N) is 1. The Labute approximate surface area is 125 Å². The van der Waals surface area contributed by atoms with Crippen molar-refractivity contribution in [1.29, 1.82) is 0 Å². The average Bonchev–Trinajstić information content (AvgIpc) is 2.47. The van der Waals surface area contributed by atoms with Crippen molar-refractivity contribution < 1.29 is 14.8 Å². The SMILES string of the molecule is O=C(Nc1ccccc1CO)c1cc(Cl)ccc1[N+](=O)[O-]. The number of aliphatic hydroxyl groups is 1. The van der Waals surface area contributed by atoms with Crippen LogP contribution in [0.5, 0.6) is 0 Å². The maximum atomic E-state index is 12.2. The van der Waals surface area contributed by atoms with Crippen molar-refractivity contribution in [3.8, 4) is 0 Å². The minimum atomic E-state index is -0.662. The zero-order chi connectivity index (χ0) is 15.4. The molecule has 0 spiro atoms. The van der Waals surface area contributed by atoms with E-state index in [2.05, 4.69) is 5.32 Å². The maximum absolute atomic E-state index is 12.2. The van der Waals surface area contributed by atoms with E-state index in [0.717, 1.165) is 0 Å². The van der Waals surface area contributed by atoms with E-state index in [-0.39, 0.29) is 22.9 Å². The highest BCUT2D eigenvalue weighted by atomic mass is 35.5. The first-order chi connectivity index (χ1) is 10.0. The Hall–Kier alpha value is -2.44. The van der Waals surface area contributed by atoms with E-state index in [0.29, 0.717) is 11.3 Å². The molecule has 108 valence electrons. The summed E-state index contributed by atoms with van der Waals surface area (Å²) in [4.78, 5) is 22.5. The number of hydrogen-bond acceptors (Lipinski definition) is 4. The first-order valence-corrected chi connectivity index (χ1v) is 6.34. The van der Waals surface area contributed by atoms with Crippen molar-refractivity contribution in [1.82, 2.24) is 0 Å². The van der Waals surface area contributed by atoms with Gasteiger partial charge in [-0.1, -0.05) is 29.8 Å². The molecule has 0 saturated carbocycles. The molecule has 2 N–H and O–H groups in total. The van der Waals surface area contributed by atoms with Crippen LogP contribution in [-0.4, -0.2) is 15.9 Å². The van der Waals surface area contributed by atoms with Crippen molar-refractivity contribution in [2.75, 3.05) is 5.32 Å². The lowest BCUT2D eigenvalue weighted by Gasteiger charge is -2.09. The Morgan fingerprint density at radius 3 is 2.67 bits per heavy atom. The van der Waals surface area contributed by atoms with Gasteiger partial charge >= 0.3 is 0 Å². The third-order valence-electron chi connectivity index (χ3n) is 2.84. The molecule has 2 aromatic carbocycles. The van der Waals surface area contributed by atoms with E-state index in [1.54, 1.807) is 24.3 Å². The average molecular weight is 307 g/mol. The van der Waals surface area contributed by atoms with Gasteiger partial charge in [0.1, 0.15) is 5.56 Å². The highest BCUT2D eigenvalue weighted by Gasteiger charge is 2.21. The van der Waals surface area contributed by atoms with Gasteiger partial charge in [-0.15, -0.1) is 0 Å². The molecule has 0 unspecified atom stereocenters.